The summed E-state index contributed by atoms with van der Waals surface area (Å²) < 4.78 is 0. The molecule has 4 heteroatoms. The molecule has 0 atom stereocenters. The van der Waals surface area contributed by atoms with Gasteiger partial charge in [-0.2, -0.15) is 10.2 Å². The lowest BCUT2D eigenvalue weighted by molar-refractivity contribution is 1.03. The average Bonchev–Trinajstić information content (AvgIpc) is 2.59. The maximum absolute atomic E-state index is 5.71. The summed E-state index contributed by atoms with van der Waals surface area (Å²) in [5, 5.41) is 8.94. The third kappa shape index (κ3) is 3.78. The van der Waals surface area contributed by atoms with E-state index in [0.717, 1.165) is 35.3 Å². The molecule has 0 fully saturated rings. The molecule has 0 spiro atoms. The number of hydrogen-bond donors (Lipinski definition) is 2. The molecule has 2 aromatic carbocycles. The largest absolute Gasteiger partial charge is 0.326 e. The highest BCUT2D eigenvalue weighted by Crippen LogP contribution is 2.27. The molecule has 0 aromatic heterocycles. The van der Waals surface area contributed by atoms with Gasteiger partial charge < -0.3 is 11.5 Å². The van der Waals surface area contributed by atoms with Gasteiger partial charge in [0.2, 0.25) is 0 Å². The summed E-state index contributed by atoms with van der Waals surface area (Å²) in [6.07, 6.45) is 1.84. The van der Waals surface area contributed by atoms with E-state index in [-0.39, 0.29) is 0 Å². The third-order valence-corrected chi connectivity index (χ3v) is 3.80. The van der Waals surface area contributed by atoms with Gasteiger partial charge in [0.25, 0.3) is 0 Å². The smallest absolute Gasteiger partial charge is 0.0892 e. The standard InChI is InChI=1S/C18H24N4/c1-3-15-7-5-13(11-19)9-17(15)21-22-18-10-14(12-20)6-8-16(18)4-2/h5-10H,3-4,11-12,19-20H2,1-2H3. The Morgan fingerprint density at radius 2 is 1.14 bits per heavy atom. The Hall–Kier alpha value is -2.04. The summed E-state index contributed by atoms with van der Waals surface area (Å²) in [7, 11) is 0. The molecule has 0 aliphatic carbocycles. The zero-order chi connectivity index (χ0) is 15.9. The van der Waals surface area contributed by atoms with Crippen molar-refractivity contribution in [2.45, 2.75) is 39.8 Å². The third-order valence-electron chi connectivity index (χ3n) is 3.80. The van der Waals surface area contributed by atoms with E-state index in [1.54, 1.807) is 0 Å². The van der Waals surface area contributed by atoms with E-state index in [1.165, 1.54) is 11.1 Å². The topological polar surface area (TPSA) is 76.8 Å². The molecule has 0 unspecified atom stereocenters. The van der Waals surface area contributed by atoms with Gasteiger partial charge in [0.05, 0.1) is 11.4 Å². The predicted octanol–water partition coefficient (Wildman–Crippen LogP) is 4.14. The van der Waals surface area contributed by atoms with Crippen LogP contribution in [0.4, 0.5) is 11.4 Å². The van der Waals surface area contributed by atoms with Gasteiger partial charge >= 0.3 is 0 Å². The molecule has 0 saturated heterocycles. The highest BCUT2D eigenvalue weighted by molar-refractivity contribution is 5.51. The average molecular weight is 296 g/mol. The summed E-state index contributed by atoms with van der Waals surface area (Å²) in [4.78, 5) is 0. The van der Waals surface area contributed by atoms with Crippen LogP contribution in [0, 0.1) is 0 Å². The first-order chi connectivity index (χ1) is 10.7. The molecule has 0 saturated carbocycles. The molecule has 0 amide bonds. The lowest BCUT2D eigenvalue weighted by atomic mass is 10.1. The van der Waals surface area contributed by atoms with Crippen LogP contribution in [-0.2, 0) is 25.9 Å². The van der Waals surface area contributed by atoms with Crippen LogP contribution in [0.2, 0.25) is 0 Å². The lowest BCUT2D eigenvalue weighted by Gasteiger charge is -2.07. The molecule has 116 valence electrons. The van der Waals surface area contributed by atoms with Gasteiger partial charge in [-0.1, -0.05) is 38.1 Å². The highest BCUT2D eigenvalue weighted by atomic mass is 15.1. The van der Waals surface area contributed by atoms with Gasteiger partial charge in [-0.3, -0.25) is 0 Å². The van der Waals surface area contributed by atoms with E-state index in [9.17, 15) is 0 Å². The van der Waals surface area contributed by atoms with E-state index >= 15 is 0 Å². The molecule has 0 heterocycles. The van der Waals surface area contributed by atoms with Crippen LogP contribution in [0.5, 0.6) is 0 Å². The van der Waals surface area contributed by atoms with Gasteiger partial charge in [0.15, 0.2) is 0 Å². The maximum atomic E-state index is 5.71. The zero-order valence-electron chi connectivity index (χ0n) is 13.3. The van der Waals surface area contributed by atoms with Crippen LogP contribution >= 0.6 is 0 Å². The summed E-state index contributed by atoms with van der Waals surface area (Å²) in [5.41, 5.74) is 17.7. The molecule has 0 aliphatic heterocycles. The Morgan fingerprint density at radius 3 is 1.45 bits per heavy atom. The normalized spacial score (nSPS) is 11.3. The van der Waals surface area contributed by atoms with Crippen molar-refractivity contribution >= 4 is 11.4 Å². The van der Waals surface area contributed by atoms with Crippen molar-refractivity contribution in [2.24, 2.45) is 21.7 Å². The van der Waals surface area contributed by atoms with Crippen molar-refractivity contribution in [3.63, 3.8) is 0 Å². The first-order valence-corrected chi connectivity index (χ1v) is 7.77. The minimum Gasteiger partial charge on any atom is -0.326 e. The molecule has 4 nitrogen and oxygen atoms in total. The zero-order valence-corrected chi connectivity index (χ0v) is 13.3. The van der Waals surface area contributed by atoms with Crippen LogP contribution in [0.15, 0.2) is 46.6 Å². The number of azo groups is 1. The van der Waals surface area contributed by atoms with E-state index in [0.29, 0.717) is 13.1 Å². The molecule has 0 bridgehead atoms. The molecular weight excluding hydrogens is 272 g/mol. The van der Waals surface area contributed by atoms with Gasteiger partial charge in [0.1, 0.15) is 0 Å². The van der Waals surface area contributed by atoms with Crippen LogP contribution in [-0.4, -0.2) is 0 Å². The SMILES string of the molecule is CCc1ccc(CN)cc1N=Nc1cc(CN)ccc1CC. The second-order valence-electron chi connectivity index (χ2n) is 5.24. The molecule has 4 N–H and O–H groups in total. The molecular formula is C18H24N4. The number of nitrogens with two attached hydrogens (primary N) is 2. The predicted molar refractivity (Wildman–Crippen MR) is 91.6 cm³/mol. The lowest BCUT2D eigenvalue weighted by Crippen LogP contribution is -1.96. The fraction of sp³-hybridized carbons (Fsp3) is 0.333. The fourth-order valence-electron chi connectivity index (χ4n) is 2.36. The van der Waals surface area contributed by atoms with Gasteiger partial charge in [-0.15, -0.1) is 0 Å². The van der Waals surface area contributed by atoms with Crippen molar-refractivity contribution in [3.05, 3.63) is 58.7 Å². The van der Waals surface area contributed by atoms with Crippen molar-refractivity contribution < 1.29 is 0 Å². The second kappa shape index (κ2) is 7.82. The number of hydrogen-bond acceptors (Lipinski definition) is 4. The Bertz CT molecular complexity index is 605. The summed E-state index contributed by atoms with van der Waals surface area (Å²) in [5.74, 6) is 0. The van der Waals surface area contributed by atoms with Crippen LogP contribution < -0.4 is 11.5 Å². The Balaban J connectivity index is 2.39. The monoisotopic (exact) mass is 296 g/mol. The van der Waals surface area contributed by atoms with Crippen LogP contribution in [0.3, 0.4) is 0 Å². The second-order valence-corrected chi connectivity index (χ2v) is 5.24. The quantitative estimate of drug-likeness (QED) is 0.786. The minimum atomic E-state index is 0.509. The summed E-state index contributed by atoms with van der Waals surface area (Å²) in [6.45, 7) is 5.25. The van der Waals surface area contributed by atoms with Crippen LogP contribution in [0.1, 0.15) is 36.1 Å². The molecule has 0 aliphatic rings. The minimum absolute atomic E-state index is 0.509. The first-order valence-electron chi connectivity index (χ1n) is 7.77. The van der Waals surface area contributed by atoms with Crippen molar-refractivity contribution in [1.29, 1.82) is 0 Å². The molecule has 2 rings (SSSR count). The molecule has 0 radical (unpaired) electrons. The Labute approximate surface area is 132 Å². The number of aryl methyl sites for hydroxylation is 2. The van der Waals surface area contributed by atoms with E-state index in [4.69, 9.17) is 11.5 Å². The van der Waals surface area contributed by atoms with Crippen molar-refractivity contribution in [2.75, 3.05) is 0 Å². The molecule has 22 heavy (non-hydrogen) atoms. The van der Waals surface area contributed by atoms with Gasteiger partial charge in [0, 0.05) is 13.1 Å². The Kier molecular flexibility index (Phi) is 5.81. The van der Waals surface area contributed by atoms with Crippen LogP contribution in [0.25, 0.3) is 0 Å². The maximum Gasteiger partial charge on any atom is 0.0892 e. The fourth-order valence-corrected chi connectivity index (χ4v) is 2.36. The number of nitrogens with zero attached hydrogens (tertiary/aromatic N) is 2. The molecule has 2 aromatic rings. The van der Waals surface area contributed by atoms with Crippen molar-refractivity contribution in [1.82, 2.24) is 0 Å². The first kappa shape index (κ1) is 16.3. The van der Waals surface area contributed by atoms with Gasteiger partial charge in [-0.25, -0.2) is 0 Å². The summed E-state index contributed by atoms with van der Waals surface area (Å²) >= 11 is 0. The van der Waals surface area contributed by atoms with E-state index in [1.807, 2.05) is 24.3 Å². The van der Waals surface area contributed by atoms with E-state index in [2.05, 4.69) is 36.2 Å². The summed E-state index contributed by atoms with van der Waals surface area (Å²) in [6, 6.07) is 12.3. The number of benzene rings is 2. The van der Waals surface area contributed by atoms with Crippen molar-refractivity contribution in [3.8, 4) is 0 Å². The highest BCUT2D eigenvalue weighted by Gasteiger charge is 2.04. The van der Waals surface area contributed by atoms with E-state index < -0.39 is 0 Å². The van der Waals surface area contributed by atoms with Gasteiger partial charge in [-0.05, 0) is 47.2 Å². The number of rotatable bonds is 6. The Morgan fingerprint density at radius 1 is 0.727 bits per heavy atom.